The van der Waals surface area contributed by atoms with Crippen LogP contribution in [0.1, 0.15) is 18.9 Å². The van der Waals surface area contributed by atoms with Crippen LogP contribution in [0.4, 0.5) is 4.79 Å². The maximum Gasteiger partial charge on any atom is 0.317 e. The van der Waals surface area contributed by atoms with Crippen LogP contribution < -0.4 is 5.32 Å². The van der Waals surface area contributed by atoms with Crippen LogP contribution in [0, 0.1) is 0 Å². The van der Waals surface area contributed by atoms with Gasteiger partial charge >= 0.3 is 6.03 Å². The van der Waals surface area contributed by atoms with E-state index in [0.717, 1.165) is 72.0 Å². The van der Waals surface area contributed by atoms with E-state index in [0.29, 0.717) is 0 Å². The maximum absolute atomic E-state index is 12.5. The van der Waals surface area contributed by atoms with Gasteiger partial charge in [-0.3, -0.25) is 9.80 Å². The number of urea groups is 1. The lowest BCUT2D eigenvalue weighted by Crippen LogP contribution is -2.53. The van der Waals surface area contributed by atoms with Gasteiger partial charge < -0.3 is 15.0 Å². The lowest BCUT2D eigenvalue weighted by molar-refractivity contribution is 0.0364. The first-order chi connectivity index (χ1) is 13.7. The van der Waals surface area contributed by atoms with Crippen LogP contribution in [0.15, 0.2) is 36.4 Å². The molecule has 2 fully saturated rings. The highest BCUT2D eigenvalue weighted by molar-refractivity contribution is 5.74. The molecule has 28 heavy (non-hydrogen) atoms. The standard InChI is InChI=1S/C22H34N4O2/c1-20(9-11-25-16-18-28-19-17-25)23-22(27)26-14-12-24(13-15-26)10-5-8-21-6-3-2-4-7-21/h2-8,20H,9-19H2,1H3,(H,23,27). The Labute approximate surface area is 169 Å². The summed E-state index contributed by atoms with van der Waals surface area (Å²) in [6.45, 7) is 11.1. The number of ether oxygens (including phenoxy) is 1. The molecule has 6 nitrogen and oxygen atoms in total. The van der Waals surface area contributed by atoms with Gasteiger partial charge in [0, 0.05) is 58.4 Å². The van der Waals surface area contributed by atoms with Gasteiger partial charge in [-0.05, 0) is 18.9 Å². The number of carbonyl (C=O) groups is 1. The van der Waals surface area contributed by atoms with Crippen LogP contribution in [-0.4, -0.2) is 92.3 Å². The van der Waals surface area contributed by atoms with Crippen molar-refractivity contribution in [2.45, 2.75) is 19.4 Å². The number of hydrogen-bond acceptors (Lipinski definition) is 4. The van der Waals surface area contributed by atoms with Crippen molar-refractivity contribution in [3.63, 3.8) is 0 Å². The summed E-state index contributed by atoms with van der Waals surface area (Å²) in [5.41, 5.74) is 1.23. The summed E-state index contributed by atoms with van der Waals surface area (Å²) in [6.07, 6.45) is 5.35. The fraction of sp³-hybridized carbons (Fsp3) is 0.591. The van der Waals surface area contributed by atoms with E-state index >= 15 is 0 Å². The Hall–Kier alpha value is -1.89. The summed E-state index contributed by atoms with van der Waals surface area (Å²) in [6, 6.07) is 10.6. The molecule has 2 aliphatic rings. The average Bonchev–Trinajstić information content (AvgIpc) is 2.74. The van der Waals surface area contributed by atoms with Gasteiger partial charge in [-0.25, -0.2) is 4.79 Å². The summed E-state index contributed by atoms with van der Waals surface area (Å²) in [5.74, 6) is 0. The third-order valence-electron chi connectivity index (χ3n) is 5.48. The van der Waals surface area contributed by atoms with E-state index in [1.807, 2.05) is 11.0 Å². The van der Waals surface area contributed by atoms with Crippen LogP contribution in [0.5, 0.6) is 0 Å². The molecule has 1 N–H and O–H groups in total. The predicted molar refractivity (Wildman–Crippen MR) is 113 cm³/mol. The number of morpholine rings is 1. The second-order valence-corrected chi connectivity index (χ2v) is 7.69. The molecule has 0 saturated carbocycles. The van der Waals surface area contributed by atoms with Gasteiger partial charge in [0.05, 0.1) is 13.2 Å². The van der Waals surface area contributed by atoms with Crippen molar-refractivity contribution in [3.8, 4) is 0 Å². The van der Waals surface area contributed by atoms with Crippen molar-refractivity contribution in [2.24, 2.45) is 0 Å². The highest BCUT2D eigenvalue weighted by Crippen LogP contribution is 2.06. The number of nitrogens with zero attached hydrogens (tertiary/aromatic N) is 3. The number of amides is 2. The molecule has 2 heterocycles. The molecular formula is C22H34N4O2. The fourth-order valence-corrected chi connectivity index (χ4v) is 3.61. The summed E-state index contributed by atoms with van der Waals surface area (Å²) in [4.78, 5) is 19.3. The van der Waals surface area contributed by atoms with Crippen molar-refractivity contribution in [1.29, 1.82) is 0 Å². The Morgan fingerprint density at radius 2 is 1.79 bits per heavy atom. The second-order valence-electron chi connectivity index (χ2n) is 7.69. The number of piperazine rings is 1. The zero-order chi connectivity index (χ0) is 19.6. The lowest BCUT2D eigenvalue weighted by Gasteiger charge is -2.35. The van der Waals surface area contributed by atoms with Crippen molar-refractivity contribution in [3.05, 3.63) is 42.0 Å². The van der Waals surface area contributed by atoms with Crippen molar-refractivity contribution >= 4 is 12.1 Å². The Kier molecular flexibility index (Phi) is 8.33. The molecule has 1 atom stereocenters. The highest BCUT2D eigenvalue weighted by atomic mass is 16.5. The molecule has 3 rings (SSSR count). The van der Waals surface area contributed by atoms with Crippen LogP contribution in [0.3, 0.4) is 0 Å². The van der Waals surface area contributed by atoms with Gasteiger partial charge in [0.15, 0.2) is 0 Å². The number of hydrogen-bond donors (Lipinski definition) is 1. The van der Waals surface area contributed by atoms with E-state index < -0.39 is 0 Å². The van der Waals surface area contributed by atoms with Gasteiger partial charge in [0.1, 0.15) is 0 Å². The number of carbonyl (C=O) groups excluding carboxylic acids is 1. The van der Waals surface area contributed by atoms with Crippen LogP contribution >= 0.6 is 0 Å². The zero-order valence-electron chi connectivity index (χ0n) is 17.1. The first kappa shape index (κ1) is 20.8. The Bertz CT molecular complexity index is 608. The molecule has 0 bridgehead atoms. The fourth-order valence-electron chi connectivity index (χ4n) is 3.61. The summed E-state index contributed by atoms with van der Waals surface area (Å²) < 4.78 is 5.38. The van der Waals surface area contributed by atoms with E-state index in [9.17, 15) is 4.79 Å². The SMILES string of the molecule is CC(CCN1CCOCC1)NC(=O)N1CCN(CC=Cc2ccccc2)CC1. The van der Waals surface area contributed by atoms with Gasteiger partial charge in [0.25, 0.3) is 0 Å². The quantitative estimate of drug-likeness (QED) is 0.780. The van der Waals surface area contributed by atoms with E-state index in [2.05, 4.69) is 58.5 Å². The normalized spacial score (nSPS) is 20.4. The van der Waals surface area contributed by atoms with Crippen LogP contribution in [-0.2, 0) is 4.74 Å². The topological polar surface area (TPSA) is 48.1 Å². The lowest BCUT2D eigenvalue weighted by atomic mass is 10.2. The average molecular weight is 387 g/mol. The monoisotopic (exact) mass is 386 g/mol. The summed E-state index contributed by atoms with van der Waals surface area (Å²) in [5, 5.41) is 3.17. The van der Waals surface area contributed by atoms with E-state index in [4.69, 9.17) is 4.74 Å². The summed E-state index contributed by atoms with van der Waals surface area (Å²) >= 11 is 0. The molecule has 6 heteroatoms. The minimum Gasteiger partial charge on any atom is -0.379 e. The molecule has 0 aliphatic carbocycles. The van der Waals surface area contributed by atoms with E-state index in [-0.39, 0.29) is 12.1 Å². The number of rotatable bonds is 7. The molecule has 154 valence electrons. The minimum atomic E-state index is 0.0777. The zero-order valence-corrected chi connectivity index (χ0v) is 17.1. The molecule has 0 spiro atoms. The molecular weight excluding hydrogens is 352 g/mol. The molecule has 2 aliphatic heterocycles. The first-order valence-corrected chi connectivity index (χ1v) is 10.5. The van der Waals surface area contributed by atoms with Gasteiger partial charge in [0.2, 0.25) is 0 Å². The first-order valence-electron chi connectivity index (χ1n) is 10.5. The summed E-state index contributed by atoms with van der Waals surface area (Å²) in [7, 11) is 0. The molecule has 0 aromatic heterocycles. The van der Waals surface area contributed by atoms with Gasteiger partial charge in [-0.1, -0.05) is 42.5 Å². The Morgan fingerprint density at radius 1 is 1.07 bits per heavy atom. The molecule has 2 saturated heterocycles. The highest BCUT2D eigenvalue weighted by Gasteiger charge is 2.21. The van der Waals surface area contributed by atoms with E-state index in [1.54, 1.807) is 0 Å². The number of benzene rings is 1. The second kappa shape index (κ2) is 11.2. The van der Waals surface area contributed by atoms with Crippen molar-refractivity contribution in [1.82, 2.24) is 20.0 Å². The molecule has 2 amide bonds. The largest absolute Gasteiger partial charge is 0.379 e. The Balaban J connectivity index is 1.31. The molecule has 1 aromatic rings. The van der Waals surface area contributed by atoms with Gasteiger partial charge in [-0.15, -0.1) is 0 Å². The van der Waals surface area contributed by atoms with Crippen LogP contribution in [0.2, 0.25) is 0 Å². The maximum atomic E-state index is 12.5. The third kappa shape index (κ3) is 6.93. The van der Waals surface area contributed by atoms with Crippen molar-refractivity contribution in [2.75, 3.05) is 65.6 Å². The van der Waals surface area contributed by atoms with E-state index in [1.165, 1.54) is 5.56 Å². The van der Waals surface area contributed by atoms with Crippen molar-refractivity contribution < 1.29 is 9.53 Å². The molecule has 0 radical (unpaired) electrons. The minimum absolute atomic E-state index is 0.0777. The number of nitrogens with one attached hydrogen (secondary N) is 1. The molecule has 1 unspecified atom stereocenters. The van der Waals surface area contributed by atoms with Crippen LogP contribution in [0.25, 0.3) is 6.08 Å². The smallest absolute Gasteiger partial charge is 0.317 e. The Morgan fingerprint density at radius 3 is 2.50 bits per heavy atom. The third-order valence-corrected chi connectivity index (χ3v) is 5.48. The predicted octanol–water partition coefficient (Wildman–Crippen LogP) is 2.14. The van der Waals surface area contributed by atoms with Gasteiger partial charge in [-0.2, -0.15) is 0 Å². The molecule has 1 aromatic carbocycles.